The third-order valence-electron chi connectivity index (χ3n) is 4.57. The number of benzene rings is 1. The molecule has 25 heavy (non-hydrogen) atoms. The Bertz CT molecular complexity index is 853. The van der Waals surface area contributed by atoms with Crippen LogP contribution in [-0.4, -0.2) is 28.1 Å². The highest BCUT2D eigenvalue weighted by Gasteiger charge is 2.28. The van der Waals surface area contributed by atoms with Crippen molar-refractivity contribution < 1.29 is 18.3 Å². The van der Waals surface area contributed by atoms with E-state index >= 15 is 0 Å². The van der Waals surface area contributed by atoms with Gasteiger partial charge in [0, 0.05) is 24.6 Å². The summed E-state index contributed by atoms with van der Waals surface area (Å²) in [5.41, 5.74) is 0.911. The predicted octanol–water partition coefficient (Wildman–Crippen LogP) is 2.99. The van der Waals surface area contributed by atoms with Crippen LogP contribution in [-0.2, 0) is 19.4 Å². The van der Waals surface area contributed by atoms with Crippen LogP contribution in [0.2, 0.25) is 0 Å². The lowest BCUT2D eigenvalue weighted by molar-refractivity contribution is 0.0902. The Morgan fingerprint density at radius 2 is 2.20 bits per heavy atom. The van der Waals surface area contributed by atoms with Crippen molar-refractivity contribution in [3.05, 3.63) is 45.5 Å². The molecule has 1 aromatic heterocycles. The molecule has 2 aliphatic rings. The first-order chi connectivity index (χ1) is 12.0. The van der Waals surface area contributed by atoms with Crippen LogP contribution in [0, 0.1) is 11.6 Å². The molecule has 0 saturated heterocycles. The first-order valence-corrected chi connectivity index (χ1v) is 8.98. The molecule has 2 aliphatic heterocycles. The summed E-state index contributed by atoms with van der Waals surface area (Å²) in [5.74, 6) is -0.666. The average Bonchev–Trinajstić information content (AvgIpc) is 2.90. The van der Waals surface area contributed by atoms with E-state index in [1.807, 2.05) is 4.57 Å². The zero-order valence-electron chi connectivity index (χ0n) is 13.3. The van der Waals surface area contributed by atoms with E-state index in [1.165, 1.54) is 6.07 Å². The number of carbonyl (C=O) groups is 1. The average molecular weight is 412 g/mol. The Hall–Kier alpha value is -1.96. The van der Waals surface area contributed by atoms with Crippen LogP contribution in [0.5, 0.6) is 5.75 Å². The standard InChI is InChI=1S/C17H16BrF2N3O2/c18-16-14(23-4-2-1-3-13(23)22-16)17(24)21-11-6-9-5-10(19)7-12(20)15(9)25-8-11/h5,7,11H,1-4,6,8H2,(H,21,24). The molecule has 0 aliphatic carbocycles. The topological polar surface area (TPSA) is 56.1 Å². The van der Waals surface area contributed by atoms with Crippen molar-refractivity contribution in [1.82, 2.24) is 14.9 Å². The van der Waals surface area contributed by atoms with E-state index in [9.17, 15) is 13.6 Å². The lowest BCUT2D eigenvalue weighted by atomic mass is 10.0. The minimum Gasteiger partial charge on any atom is -0.488 e. The minimum atomic E-state index is -0.715. The van der Waals surface area contributed by atoms with Crippen molar-refractivity contribution in [3.63, 3.8) is 0 Å². The number of aryl methyl sites for hydroxylation is 1. The molecule has 132 valence electrons. The molecule has 0 fully saturated rings. The van der Waals surface area contributed by atoms with Crippen molar-refractivity contribution in [1.29, 1.82) is 0 Å². The van der Waals surface area contributed by atoms with Crippen LogP contribution < -0.4 is 10.1 Å². The van der Waals surface area contributed by atoms with Crippen molar-refractivity contribution in [2.24, 2.45) is 0 Å². The number of hydrogen-bond acceptors (Lipinski definition) is 3. The van der Waals surface area contributed by atoms with E-state index in [1.54, 1.807) is 0 Å². The number of rotatable bonds is 2. The summed E-state index contributed by atoms with van der Waals surface area (Å²) in [7, 11) is 0. The monoisotopic (exact) mass is 411 g/mol. The number of halogens is 3. The number of fused-ring (bicyclic) bond motifs is 2. The van der Waals surface area contributed by atoms with Gasteiger partial charge in [-0.15, -0.1) is 0 Å². The summed E-state index contributed by atoms with van der Waals surface area (Å²) in [6, 6.07) is 1.68. The molecule has 5 nitrogen and oxygen atoms in total. The molecule has 0 saturated carbocycles. The molecule has 2 aromatic rings. The summed E-state index contributed by atoms with van der Waals surface area (Å²) in [6.07, 6.45) is 3.24. The van der Waals surface area contributed by atoms with Gasteiger partial charge in [-0.2, -0.15) is 0 Å². The van der Waals surface area contributed by atoms with E-state index < -0.39 is 11.6 Å². The largest absolute Gasteiger partial charge is 0.488 e. The van der Waals surface area contributed by atoms with Crippen LogP contribution in [0.1, 0.15) is 34.7 Å². The van der Waals surface area contributed by atoms with Crippen LogP contribution in [0.15, 0.2) is 16.7 Å². The zero-order valence-corrected chi connectivity index (χ0v) is 14.9. The van der Waals surface area contributed by atoms with Crippen LogP contribution in [0.25, 0.3) is 0 Å². The number of aromatic nitrogens is 2. The third-order valence-corrected chi connectivity index (χ3v) is 5.12. The number of nitrogens with zero attached hydrogens (tertiary/aromatic N) is 2. The SMILES string of the molecule is O=C(NC1COc2c(F)cc(F)cc2C1)c1c(Br)nc2n1CCCC2. The summed E-state index contributed by atoms with van der Waals surface area (Å²) in [5, 5.41) is 2.89. The van der Waals surface area contributed by atoms with Crippen molar-refractivity contribution >= 4 is 21.8 Å². The highest BCUT2D eigenvalue weighted by atomic mass is 79.9. The van der Waals surface area contributed by atoms with Gasteiger partial charge >= 0.3 is 0 Å². The summed E-state index contributed by atoms with van der Waals surface area (Å²) < 4.78 is 35.0. The second kappa shape index (κ2) is 6.40. The van der Waals surface area contributed by atoms with Gasteiger partial charge in [0.25, 0.3) is 5.91 Å². The normalized spacial score (nSPS) is 18.9. The predicted molar refractivity (Wildman–Crippen MR) is 89.7 cm³/mol. The van der Waals surface area contributed by atoms with Crippen molar-refractivity contribution in [2.45, 2.75) is 38.3 Å². The maximum atomic E-state index is 13.7. The molecule has 1 aromatic carbocycles. The molecule has 1 atom stereocenters. The maximum absolute atomic E-state index is 13.7. The van der Waals surface area contributed by atoms with E-state index in [2.05, 4.69) is 26.2 Å². The zero-order chi connectivity index (χ0) is 17.6. The lowest BCUT2D eigenvalue weighted by Crippen LogP contribution is -2.43. The molecule has 0 bridgehead atoms. The number of imidazole rings is 1. The van der Waals surface area contributed by atoms with Gasteiger partial charge in [0.15, 0.2) is 11.6 Å². The number of nitrogens with one attached hydrogen (secondary N) is 1. The molecule has 1 unspecified atom stereocenters. The molecule has 1 N–H and O–H groups in total. The van der Waals surface area contributed by atoms with Gasteiger partial charge in [-0.1, -0.05) is 0 Å². The number of carbonyl (C=O) groups excluding carboxylic acids is 1. The summed E-state index contributed by atoms with van der Waals surface area (Å²) in [6.45, 7) is 0.900. The summed E-state index contributed by atoms with van der Waals surface area (Å²) >= 11 is 3.36. The van der Waals surface area contributed by atoms with E-state index in [0.29, 0.717) is 22.3 Å². The molecule has 4 rings (SSSR count). The molecule has 0 spiro atoms. The Labute approximate surface area is 151 Å². The molecular weight excluding hydrogens is 396 g/mol. The fraction of sp³-hybridized carbons (Fsp3) is 0.412. The Kier molecular flexibility index (Phi) is 4.23. The smallest absolute Gasteiger partial charge is 0.271 e. The Morgan fingerprint density at radius 3 is 3.04 bits per heavy atom. The second-order valence-corrected chi connectivity index (χ2v) is 7.09. The number of ether oxygens (including phenoxy) is 1. The number of hydrogen-bond donors (Lipinski definition) is 1. The minimum absolute atomic E-state index is 0.0646. The Morgan fingerprint density at radius 1 is 1.36 bits per heavy atom. The lowest BCUT2D eigenvalue weighted by Gasteiger charge is -2.26. The van der Waals surface area contributed by atoms with E-state index in [0.717, 1.165) is 37.7 Å². The second-order valence-electron chi connectivity index (χ2n) is 6.34. The van der Waals surface area contributed by atoms with Crippen LogP contribution in [0.4, 0.5) is 8.78 Å². The van der Waals surface area contributed by atoms with Crippen molar-refractivity contribution in [2.75, 3.05) is 6.61 Å². The van der Waals surface area contributed by atoms with Gasteiger partial charge in [0.05, 0.1) is 6.04 Å². The highest BCUT2D eigenvalue weighted by Crippen LogP contribution is 2.29. The highest BCUT2D eigenvalue weighted by molar-refractivity contribution is 9.10. The first-order valence-electron chi connectivity index (χ1n) is 8.19. The van der Waals surface area contributed by atoms with Gasteiger partial charge in [-0.25, -0.2) is 13.8 Å². The van der Waals surface area contributed by atoms with E-state index in [-0.39, 0.29) is 24.3 Å². The van der Waals surface area contributed by atoms with Gasteiger partial charge in [0.2, 0.25) is 0 Å². The van der Waals surface area contributed by atoms with Crippen LogP contribution >= 0.6 is 15.9 Å². The molecule has 1 amide bonds. The van der Waals surface area contributed by atoms with E-state index in [4.69, 9.17) is 4.74 Å². The van der Waals surface area contributed by atoms with Gasteiger partial charge in [-0.05, 0) is 41.3 Å². The fourth-order valence-electron chi connectivity index (χ4n) is 3.45. The molecule has 8 heteroatoms. The van der Waals surface area contributed by atoms with Crippen molar-refractivity contribution in [3.8, 4) is 5.75 Å². The Balaban J connectivity index is 1.53. The van der Waals surface area contributed by atoms with Gasteiger partial charge in [0.1, 0.15) is 28.5 Å². The quantitative estimate of drug-likeness (QED) is 0.826. The molecular formula is C17H16BrF2N3O2. The molecule has 0 radical (unpaired) electrons. The first kappa shape index (κ1) is 16.5. The third kappa shape index (κ3) is 3.03. The maximum Gasteiger partial charge on any atom is 0.271 e. The summed E-state index contributed by atoms with van der Waals surface area (Å²) in [4.78, 5) is 17.1. The fourth-order valence-corrected chi connectivity index (χ4v) is 4.05. The van der Waals surface area contributed by atoms with Gasteiger partial charge in [-0.3, -0.25) is 4.79 Å². The number of amides is 1. The van der Waals surface area contributed by atoms with Crippen LogP contribution in [0.3, 0.4) is 0 Å². The molecule has 3 heterocycles. The van der Waals surface area contributed by atoms with Gasteiger partial charge < -0.3 is 14.6 Å².